The molecule has 84 valence electrons. The van der Waals surface area contributed by atoms with Crippen molar-refractivity contribution in [2.75, 3.05) is 6.54 Å². The van der Waals surface area contributed by atoms with Crippen molar-refractivity contribution in [3.05, 3.63) is 11.6 Å². The standard InChI is InChI=1S/C13H21NO/c15-13(10-11-6-3-4-7-11)12-8-2-1-5-9-14-12/h6,12,14H,1-5,7-10H2. The van der Waals surface area contributed by atoms with E-state index in [2.05, 4.69) is 11.4 Å². The summed E-state index contributed by atoms with van der Waals surface area (Å²) in [5.41, 5.74) is 1.38. The highest BCUT2D eigenvalue weighted by Gasteiger charge is 2.20. The molecule has 1 aliphatic carbocycles. The van der Waals surface area contributed by atoms with Gasteiger partial charge in [0.15, 0.2) is 5.78 Å². The fraction of sp³-hybridized carbons (Fsp3) is 0.769. The zero-order valence-corrected chi connectivity index (χ0v) is 9.43. The molecule has 0 amide bonds. The first-order valence-electron chi connectivity index (χ1n) is 6.30. The van der Waals surface area contributed by atoms with Gasteiger partial charge in [-0.25, -0.2) is 0 Å². The molecule has 0 aromatic carbocycles. The van der Waals surface area contributed by atoms with Crippen molar-refractivity contribution < 1.29 is 4.79 Å². The maximum Gasteiger partial charge on any atom is 0.153 e. The van der Waals surface area contributed by atoms with Crippen molar-refractivity contribution in [1.82, 2.24) is 5.32 Å². The first-order chi connectivity index (χ1) is 7.36. The summed E-state index contributed by atoms with van der Waals surface area (Å²) in [6, 6.07) is 0.147. The van der Waals surface area contributed by atoms with Crippen LogP contribution in [0, 0.1) is 0 Å². The topological polar surface area (TPSA) is 29.1 Å². The summed E-state index contributed by atoms with van der Waals surface area (Å²) in [7, 11) is 0. The van der Waals surface area contributed by atoms with Crippen LogP contribution in [0.3, 0.4) is 0 Å². The Kier molecular flexibility index (Phi) is 3.95. The number of ketones is 1. The molecule has 0 bridgehead atoms. The van der Waals surface area contributed by atoms with Gasteiger partial charge in [-0.1, -0.05) is 24.5 Å². The molecule has 0 aromatic heterocycles. The number of rotatable bonds is 3. The van der Waals surface area contributed by atoms with Gasteiger partial charge in [0.25, 0.3) is 0 Å². The van der Waals surface area contributed by atoms with Gasteiger partial charge in [-0.15, -0.1) is 0 Å². The minimum atomic E-state index is 0.147. The Balaban J connectivity index is 1.83. The predicted octanol–water partition coefficient (Wildman–Crippen LogP) is 2.59. The Labute approximate surface area is 92.1 Å². The van der Waals surface area contributed by atoms with E-state index in [-0.39, 0.29) is 6.04 Å². The smallest absolute Gasteiger partial charge is 0.153 e. The van der Waals surface area contributed by atoms with Crippen molar-refractivity contribution in [2.45, 2.75) is 57.4 Å². The second-order valence-corrected chi connectivity index (χ2v) is 4.75. The third kappa shape index (κ3) is 3.16. The first kappa shape index (κ1) is 10.9. The molecule has 0 spiro atoms. The third-order valence-corrected chi connectivity index (χ3v) is 3.49. The molecule has 1 atom stereocenters. The van der Waals surface area contributed by atoms with Crippen LogP contribution in [0.1, 0.15) is 51.4 Å². The van der Waals surface area contributed by atoms with Gasteiger partial charge < -0.3 is 5.32 Å². The second kappa shape index (κ2) is 5.45. The number of hydrogen-bond acceptors (Lipinski definition) is 2. The van der Waals surface area contributed by atoms with E-state index in [1.807, 2.05) is 0 Å². The summed E-state index contributed by atoms with van der Waals surface area (Å²) >= 11 is 0. The van der Waals surface area contributed by atoms with E-state index in [0.717, 1.165) is 19.4 Å². The zero-order valence-electron chi connectivity index (χ0n) is 9.43. The molecule has 2 heteroatoms. The van der Waals surface area contributed by atoms with Gasteiger partial charge in [0, 0.05) is 6.42 Å². The molecule has 1 aliphatic heterocycles. The van der Waals surface area contributed by atoms with Gasteiger partial charge in [0.2, 0.25) is 0 Å². The number of carbonyl (C=O) groups is 1. The lowest BCUT2D eigenvalue weighted by Gasteiger charge is -2.14. The highest BCUT2D eigenvalue weighted by atomic mass is 16.1. The fourth-order valence-corrected chi connectivity index (χ4v) is 2.55. The summed E-state index contributed by atoms with van der Waals surface area (Å²) in [4.78, 5) is 12.0. The largest absolute Gasteiger partial charge is 0.307 e. The summed E-state index contributed by atoms with van der Waals surface area (Å²) in [6.45, 7) is 1.02. The molecule has 0 aromatic rings. The molecule has 1 unspecified atom stereocenters. The van der Waals surface area contributed by atoms with Crippen LogP contribution in [0.15, 0.2) is 11.6 Å². The highest BCUT2D eigenvalue weighted by molar-refractivity contribution is 5.86. The molecule has 2 aliphatic rings. The van der Waals surface area contributed by atoms with Crippen LogP contribution in [-0.4, -0.2) is 18.4 Å². The van der Waals surface area contributed by atoms with Crippen molar-refractivity contribution in [3.63, 3.8) is 0 Å². The van der Waals surface area contributed by atoms with Gasteiger partial charge in [0.05, 0.1) is 6.04 Å². The van der Waals surface area contributed by atoms with E-state index in [1.54, 1.807) is 0 Å². The van der Waals surface area contributed by atoms with Crippen LogP contribution < -0.4 is 5.32 Å². The number of allylic oxidation sites excluding steroid dienone is 2. The lowest BCUT2D eigenvalue weighted by Crippen LogP contribution is -2.36. The van der Waals surface area contributed by atoms with Gasteiger partial charge in [-0.05, 0) is 38.6 Å². The number of carbonyl (C=O) groups excluding carboxylic acids is 1. The van der Waals surface area contributed by atoms with E-state index in [1.165, 1.54) is 37.7 Å². The molecule has 0 radical (unpaired) electrons. The minimum absolute atomic E-state index is 0.147. The Morgan fingerprint density at radius 2 is 2.27 bits per heavy atom. The highest BCUT2D eigenvalue weighted by Crippen LogP contribution is 2.22. The van der Waals surface area contributed by atoms with Gasteiger partial charge >= 0.3 is 0 Å². The van der Waals surface area contributed by atoms with Crippen molar-refractivity contribution in [3.8, 4) is 0 Å². The number of Topliss-reactive ketones (excluding diaryl/α,β-unsaturated/α-hetero) is 1. The molecule has 2 rings (SSSR count). The van der Waals surface area contributed by atoms with Crippen LogP contribution in [0.2, 0.25) is 0 Å². The number of hydrogen-bond donors (Lipinski definition) is 1. The van der Waals surface area contributed by atoms with E-state index in [9.17, 15) is 4.79 Å². The average molecular weight is 207 g/mol. The molecule has 2 nitrogen and oxygen atoms in total. The van der Waals surface area contributed by atoms with Crippen LogP contribution in [0.4, 0.5) is 0 Å². The van der Waals surface area contributed by atoms with Gasteiger partial charge in [0.1, 0.15) is 0 Å². The summed E-state index contributed by atoms with van der Waals surface area (Å²) in [5, 5.41) is 3.38. The fourth-order valence-electron chi connectivity index (χ4n) is 2.55. The van der Waals surface area contributed by atoms with Crippen LogP contribution in [-0.2, 0) is 4.79 Å². The zero-order chi connectivity index (χ0) is 10.5. The number of nitrogens with one attached hydrogen (secondary N) is 1. The van der Waals surface area contributed by atoms with Crippen molar-refractivity contribution in [2.24, 2.45) is 0 Å². The minimum Gasteiger partial charge on any atom is -0.307 e. The molecule has 1 heterocycles. The average Bonchev–Trinajstić information content (AvgIpc) is 2.58. The van der Waals surface area contributed by atoms with E-state index < -0.39 is 0 Å². The maximum atomic E-state index is 12.0. The van der Waals surface area contributed by atoms with Crippen LogP contribution in [0.25, 0.3) is 0 Å². The summed E-state index contributed by atoms with van der Waals surface area (Å²) < 4.78 is 0. The molecular weight excluding hydrogens is 186 g/mol. The molecule has 0 saturated carbocycles. The molecule has 1 N–H and O–H groups in total. The van der Waals surface area contributed by atoms with Crippen LogP contribution in [0.5, 0.6) is 0 Å². The van der Waals surface area contributed by atoms with E-state index in [0.29, 0.717) is 12.2 Å². The van der Waals surface area contributed by atoms with Crippen LogP contribution >= 0.6 is 0 Å². The lowest BCUT2D eigenvalue weighted by atomic mass is 10.00. The summed E-state index contributed by atoms with van der Waals surface area (Å²) in [5.74, 6) is 0.421. The van der Waals surface area contributed by atoms with Crippen molar-refractivity contribution in [1.29, 1.82) is 0 Å². The predicted molar refractivity (Wildman–Crippen MR) is 61.8 cm³/mol. The van der Waals surface area contributed by atoms with E-state index in [4.69, 9.17) is 0 Å². The maximum absolute atomic E-state index is 12.0. The second-order valence-electron chi connectivity index (χ2n) is 4.75. The van der Waals surface area contributed by atoms with Crippen molar-refractivity contribution >= 4 is 5.78 Å². The Morgan fingerprint density at radius 3 is 3.07 bits per heavy atom. The SMILES string of the molecule is O=C(CC1=CCCC1)C1CCCCCN1. The molecular formula is C13H21NO. The van der Waals surface area contributed by atoms with Gasteiger partial charge in [-0.3, -0.25) is 4.79 Å². The lowest BCUT2D eigenvalue weighted by molar-refractivity contribution is -0.120. The van der Waals surface area contributed by atoms with Gasteiger partial charge in [-0.2, -0.15) is 0 Å². The normalized spacial score (nSPS) is 27.2. The third-order valence-electron chi connectivity index (χ3n) is 3.49. The van der Waals surface area contributed by atoms with E-state index >= 15 is 0 Å². The Bertz CT molecular complexity index is 249. The molecule has 1 fully saturated rings. The Hall–Kier alpha value is -0.630. The Morgan fingerprint density at radius 1 is 1.33 bits per heavy atom. The summed E-state index contributed by atoms with van der Waals surface area (Å²) in [6.07, 6.45) is 11.3. The monoisotopic (exact) mass is 207 g/mol. The molecule has 1 saturated heterocycles. The quantitative estimate of drug-likeness (QED) is 0.721. The molecule has 15 heavy (non-hydrogen) atoms. The first-order valence-corrected chi connectivity index (χ1v) is 6.30.